The molecule has 3 aliphatic rings. The Hall–Kier alpha value is -2.71. The molecule has 1 amide bonds. The molecule has 3 aromatic rings. The molecule has 0 saturated carbocycles. The minimum Gasteiger partial charge on any atom is -0.356 e. The van der Waals surface area contributed by atoms with Gasteiger partial charge in [-0.15, -0.1) is 0 Å². The van der Waals surface area contributed by atoms with E-state index in [-0.39, 0.29) is 11.8 Å². The lowest BCUT2D eigenvalue weighted by Gasteiger charge is -2.34. The lowest BCUT2D eigenvalue weighted by atomic mass is 9.94. The van der Waals surface area contributed by atoms with Gasteiger partial charge in [0, 0.05) is 44.2 Å². The predicted molar refractivity (Wildman–Crippen MR) is 150 cm³/mol. The maximum absolute atomic E-state index is 13.2. The molecule has 1 N–H and O–H groups in total. The molecule has 2 fully saturated rings. The van der Waals surface area contributed by atoms with E-state index in [9.17, 15) is 4.79 Å². The number of nitrogens with one attached hydrogen (secondary N) is 1. The van der Waals surface area contributed by atoms with Crippen LogP contribution in [0.3, 0.4) is 0 Å². The van der Waals surface area contributed by atoms with Gasteiger partial charge >= 0.3 is 0 Å². The highest BCUT2D eigenvalue weighted by Crippen LogP contribution is 2.29. The zero-order valence-corrected chi connectivity index (χ0v) is 22.9. The number of nitrogens with zero attached hydrogens (tertiary/aromatic N) is 6. The molecule has 3 aliphatic heterocycles. The lowest BCUT2D eigenvalue weighted by Crippen LogP contribution is -2.45. The van der Waals surface area contributed by atoms with E-state index < -0.39 is 0 Å². The molecule has 38 heavy (non-hydrogen) atoms. The molecule has 1 aromatic carbocycles. The molecule has 1 atom stereocenters. The Morgan fingerprint density at radius 2 is 1.82 bits per heavy atom. The molecule has 2 aromatic heterocycles. The first-order valence-electron chi connectivity index (χ1n) is 14.3. The van der Waals surface area contributed by atoms with Crippen molar-refractivity contribution in [2.75, 3.05) is 37.6 Å². The average Bonchev–Trinajstić information content (AvgIpc) is 3.14. The fraction of sp³-hybridized carbons (Fsp3) is 0.586. The number of piperidine rings is 2. The first-order chi connectivity index (χ1) is 18.6. The second-order valence-corrected chi connectivity index (χ2v) is 11.7. The van der Waals surface area contributed by atoms with E-state index in [4.69, 9.17) is 16.6 Å². The Kier molecular flexibility index (Phi) is 7.79. The predicted octanol–water partition coefficient (Wildman–Crippen LogP) is 4.45. The van der Waals surface area contributed by atoms with Crippen LogP contribution < -0.4 is 10.2 Å². The highest BCUT2D eigenvalue weighted by Gasteiger charge is 2.30. The SMILES string of the molecule is O=C(NCC1CCN(Cc2ccc(Cl)cc2)CC1)[C@@H]1CCCN(c2ncnc3c2nc2n3CCCCC2)C1. The van der Waals surface area contributed by atoms with E-state index in [1.807, 2.05) is 12.1 Å². The smallest absolute Gasteiger partial charge is 0.224 e. The van der Waals surface area contributed by atoms with Crippen LogP contribution in [0.25, 0.3) is 11.2 Å². The van der Waals surface area contributed by atoms with Gasteiger partial charge in [-0.25, -0.2) is 15.0 Å². The third-order valence-corrected chi connectivity index (χ3v) is 8.81. The summed E-state index contributed by atoms with van der Waals surface area (Å²) in [6.45, 7) is 6.45. The van der Waals surface area contributed by atoms with Crippen LogP contribution in [0.4, 0.5) is 5.82 Å². The minimum absolute atomic E-state index is 0.0146. The number of halogens is 1. The normalized spacial score (nSPS) is 21.3. The Morgan fingerprint density at radius 1 is 0.974 bits per heavy atom. The molecule has 0 aliphatic carbocycles. The largest absolute Gasteiger partial charge is 0.356 e. The Balaban J connectivity index is 1.02. The van der Waals surface area contributed by atoms with Gasteiger partial charge in [0.2, 0.25) is 5.91 Å². The summed E-state index contributed by atoms with van der Waals surface area (Å²) in [5.74, 6) is 2.73. The molecule has 6 rings (SSSR count). The minimum atomic E-state index is -0.0146. The number of anilines is 1. The number of carbonyl (C=O) groups excluding carboxylic acids is 1. The van der Waals surface area contributed by atoms with Crippen molar-refractivity contribution in [3.63, 3.8) is 0 Å². The van der Waals surface area contributed by atoms with E-state index in [0.717, 1.165) is 99.2 Å². The summed E-state index contributed by atoms with van der Waals surface area (Å²) in [5.41, 5.74) is 3.15. The second-order valence-electron chi connectivity index (χ2n) is 11.2. The number of fused-ring (bicyclic) bond motifs is 3. The summed E-state index contributed by atoms with van der Waals surface area (Å²) < 4.78 is 2.28. The van der Waals surface area contributed by atoms with Gasteiger partial charge in [-0.05, 0) is 75.2 Å². The van der Waals surface area contributed by atoms with Crippen molar-refractivity contribution >= 4 is 34.5 Å². The Morgan fingerprint density at radius 3 is 2.66 bits per heavy atom. The fourth-order valence-electron chi connectivity index (χ4n) is 6.33. The molecule has 0 radical (unpaired) electrons. The molecule has 5 heterocycles. The number of hydrogen-bond donors (Lipinski definition) is 1. The van der Waals surface area contributed by atoms with Crippen molar-refractivity contribution in [2.45, 2.75) is 64.5 Å². The number of rotatable bonds is 6. The van der Waals surface area contributed by atoms with Crippen molar-refractivity contribution in [3.8, 4) is 0 Å². The van der Waals surface area contributed by atoms with Gasteiger partial charge < -0.3 is 14.8 Å². The Labute approximate surface area is 229 Å². The maximum Gasteiger partial charge on any atom is 0.224 e. The highest BCUT2D eigenvalue weighted by atomic mass is 35.5. The van der Waals surface area contributed by atoms with Crippen LogP contribution in [0.15, 0.2) is 30.6 Å². The van der Waals surface area contributed by atoms with Crippen LogP contribution >= 0.6 is 11.6 Å². The number of imidazole rings is 1. The second kappa shape index (κ2) is 11.6. The number of aryl methyl sites for hydroxylation is 2. The average molecular weight is 536 g/mol. The fourth-order valence-corrected chi connectivity index (χ4v) is 6.45. The van der Waals surface area contributed by atoms with Crippen LogP contribution in [0.2, 0.25) is 5.02 Å². The summed E-state index contributed by atoms with van der Waals surface area (Å²) in [6.07, 6.45) is 10.4. The van der Waals surface area contributed by atoms with E-state index in [0.29, 0.717) is 12.5 Å². The summed E-state index contributed by atoms with van der Waals surface area (Å²) in [7, 11) is 0. The highest BCUT2D eigenvalue weighted by molar-refractivity contribution is 6.30. The van der Waals surface area contributed by atoms with Gasteiger partial charge in [-0.2, -0.15) is 0 Å². The lowest BCUT2D eigenvalue weighted by molar-refractivity contribution is -0.125. The van der Waals surface area contributed by atoms with E-state index in [1.54, 1.807) is 6.33 Å². The molecular formula is C29H38ClN7O. The molecule has 0 spiro atoms. The van der Waals surface area contributed by atoms with Gasteiger partial charge in [-0.1, -0.05) is 30.2 Å². The number of benzene rings is 1. The van der Waals surface area contributed by atoms with Gasteiger partial charge in [-0.3, -0.25) is 9.69 Å². The molecular weight excluding hydrogens is 498 g/mol. The van der Waals surface area contributed by atoms with Crippen LogP contribution in [0.1, 0.15) is 56.3 Å². The molecule has 2 saturated heterocycles. The van der Waals surface area contributed by atoms with Crippen molar-refractivity contribution < 1.29 is 4.79 Å². The van der Waals surface area contributed by atoms with Crippen LogP contribution in [-0.4, -0.2) is 63.0 Å². The van der Waals surface area contributed by atoms with Crippen molar-refractivity contribution in [1.29, 1.82) is 0 Å². The summed E-state index contributed by atoms with van der Waals surface area (Å²) in [6, 6.07) is 8.14. The third-order valence-electron chi connectivity index (χ3n) is 8.56. The first-order valence-corrected chi connectivity index (χ1v) is 14.7. The van der Waals surface area contributed by atoms with Gasteiger partial charge in [0.25, 0.3) is 0 Å². The van der Waals surface area contributed by atoms with Crippen LogP contribution in [0, 0.1) is 11.8 Å². The first kappa shape index (κ1) is 25.6. The molecule has 9 heteroatoms. The van der Waals surface area contributed by atoms with Gasteiger partial charge in [0.05, 0.1) is 5.92 Å². The number of amides is 1. The molecule has 202 valence electrons. The van der Waals surface area contributed by atoms with Crippen molar-refractivity contribution in [1.82, 2.24) is 29.7 Å². The summed E-state index contributed by atoms with van der Waals surface area (Å²) in [4.78, 5) is 32.2. The zero-order chi connectivity index (χ0) is 25.9. The van der Waals surface area contributed by atoms with Crippen molar-refractivity contribution in [2.24, 2.45) is 11.8 Å². The van der Waals surface area contributed by atoms with Gasteiger partial charge in [0.15, 0.2) is 17.0 Å². The Bertz CT molecular complexity index is 1250. The van der Waals surface area contributed by atoms with Crippen LogP contribution in [-0.2, 0) is 24.3 Å². The van der Waals surface area contributed by atoms with E-state index in [2.05, 4.69) is 41.8 Å². The molecule has 0 unspecified atom stereocenters. The standard InChI is InChI=1S/C29H38ClN7O/c30-24-9-7-22(8-10-24)18-35-15-11-21(12-16-35)17-31-29(38)23-5-4-13-36(19-23)27-26-28(33-20-32-27)37-14-3-1-2-6-25(37)34-26/h7-10,20-21,23H,1-6,11-19H2,(H,31,38)/t23-/m1/s1. The summed E-state index contributed by atoms with van der Waals surface area (Å²) >= 11 is 6.02. The number of carbonyl (C=O) groups is 1. The number of hydrogen-bond acceptors (Lipinski definition) is 6. The van der Waals surface area contributed by atoms with E-state index in [1.165, 1.54) is 24.8 Å². The zero-order valence-electron chi connectivity index (χ0n) is 22.1. The van der Waals surface area contributed by atoms with Crippen molar-refractivity contribution in [3.05, 3.63) is 47.0 Å². The van der Waals surface area contributed by atoms with Gasteiger partial charge in [0.1, 0.15) is 12.2 Å². The number of aromatic nitrogens is 4. The molecule has 8 nitrogen and oxygen atoms in total. The van der Waals surface area contributed by atoms with Crippen LogP contribution in [0.5, 0.6) is 0 Å². The maximum atomic E-state index is 13.2. The molecule has 0 bridgehead atoms. The summed E-state index contributed by atoms with van der Waals surface area (Å²) in [5, 5.41) is 4.08. The number of likely N-dealkylation sites (tertiary alicyclic amines) is 1. The quantitative estimate of drug-likeness (QED) is 0.502. The third kappa shape index (κ3) is 5.66. The topological polar surface area (TPSA) is 79.2 Å². The monoisotopic (exact) mass is 535 g/mol. The van der Waals surface area contributed by atoms with E-state index >= 15 is 0 Å².